The summed E-state index contributed by atoms with van der Waals surface area (Å²) in [6, 6.07) is 25.1. The first-order valence-corrected chi connectivity index (χ1v) is 12.2. The highest BCUT2D eigenvalue weighted by Crippen LogP contribution is 2.46. The van der Waals surface area contributed by atoms with Gasteiger partial charge in [-0.25, -0.2) is 0 Å². The molecule has 0 amide bonds. The van der Waals surface area contributed by atoms with Crippen molar-refractivity contribution in [1.82, 2.24) is 0 Å². The SMILES string of the molecule is CCOc1cc(C2C(C#N)=C(N)Oc3c2ccc2ccccc32)ccc1OCc1ccc(Cl)cc1Cl. The van der Waals surface area contributed by atoms with E-state index in [0.29, 0.717) is 39.5 Å². The van der Waals surface area contributed by atoms with Crippen LogP contribution in [-0.4, -0.2) is 6.61 Å². The Labute approximate surface area is 219 Å². The minimum atomic E-state index is -0.415. The molecule has 0 aromatic heterocycles. The van der Waals surface area contributed by atoms with Crippen molar-refractivity contribution in [1.29, 1.82) is 5.26 Å². The molecule has 1 aliphatic heterocycles. The number of nitriles is 1. The highest BCUT2D eigenvalue weighted by molar-refractivity contribution is 6.35. The average Bonchev–Trinajstić information content (AvgIpc) is 2.88. The van der Waals surface area contributed by atoms with Crippen LogP contribution >= 0.6 is 23.2 Å². The van der Waals surface area contributed by atoms with E-state index in [1.54, 1.807) is 12.1 Å². The topological polar surface area (TPSA) is 77.5 Å². The number of allylic oxidation sites excluding steroid dienone is 1. The second-order valence-electron chi connectivity index (χ2n) is 8.29. The summed E-state index contributed by atoms with van der Waals surface area (Å²) in [6.45, 7) is 2.60. The predicted octanol–water partition coefficient (Wildman–Crippen LogP) is 7.34. The number of halogens is 2. The van der Waals surface area contributed by atoms with E-state index in [1.807, 2.05) is 67.6 Å². The van der Waals surface area contributed by atoms with Gasteiger partial charge in [-0.15, -0.1) is 0 Å². The van der Waals surface area contributed by atoms with Crippen LogP contribution < -0.4 is 19.9 Å². The van der Waals surface area contributed by atoms with E-state index in [0.717, 1.165) is 27.5 Å². The molecule has 4 aromatic carbocycles. The third-order valence-electron chi connectivity index (χ3n) is 6.11. The minimum Gasteiger partial charge on any atom is -0.490 e. The number of nitrogens with zero attached hydrogens (tertiary/aromatic N) is 1. The van der Waals surface area contributed by atoms with Crippen molar-refractivity contribution < 1.29 is 14.2 Å². The Morgan fingerprint density at radius 2 is 1.81 bits per heavy atom. The fourth-order valence-corrected chi connectivity index (χ4v) is 4.88. The van der Waals surface area contributed by atoms with E-state index in [2.05, 4.69) is 6.07 Å². The molecule has 0 spiro atoms. The number of rotatable bonds is 6. The lowest BCUT2D eigenvalue weighted by molar-refractivity contribution is 0.269. The molecular formula is C29H22Cl2N2O3. The zero-order valence-corrected chi connectivity index (χ0v) is 20.9. The van der Waals surface area contributed by atoms with Crippen LogP contribution in [0.15, 0.2) is 84.3 Å². The van der Waals surface area contributed by atoms with Crippen molar-refractivity contribution in [3.05, 3.63) is 111 Å². The van der Waals surface area contributed by atoms with Gasteiger partial charge in [-0.05, 0) is 42.1 Å². The normalized spacial score (nSPS) is 14.7. The summed E-state index contributed by atoms with van der Waals surface area (Å²) in [5.74, 6) is 1.47. The zero-order chi connectivity index (χ0) is 25.2. The molecule has 7 heteroatoms. The summed E-state index contributed by atoms with van der Waals surface area (Å²) < 4.78 is 17.9. The molecule has 1 aliphatic rings. The van der Waals surface area contributed by atoms with Gasteiger partial charge in [0.05, 0.1) is 12.5 Å². The van der Waals surface area contributed by atoms with Crippen molar-refractivity contribution in [2.45, 2.75) is 19.4 Å². The van der Waals surface area contributed by atoms with Gasteiger partial charge < -0.3 is 19.9 Å². The van der Waals surface area contributed by atoms with E-state index in [4.69, 9.17) is 43.1 Å². The number of nitrogens with two attached hydrogens (primary N) is 1. The van der Waals surface area contributed by atoms with Crippen LogP contribution in [0.1, 0.15) is 29.5 Å². The molecule has 36 heavy (non-hydrogen) atoms. The molecule has 2 N–H and O–H groups in total. The lowest BCUT2D eigenvalue weighted by atomic mass is 9.82. The molecule has 0 radical (unpaired) electrons. The molecule has 4 aromatic rings. The molecular weight excluding hydrogens is 495 g/mol. The third kappa shape index (κ3) is 4.42. The van der Waals surface area contributed by atoms with E-state index in [1.165, 1.54) is 0 Å². The number of hydrogen-bond acceptors (Lipinski definition) is 5. The monoisotopic (exact) mass is 516 g/mol. The Hall–Kier alpha value is -3.85. The van der Waals surface area contributed by atoms with Crippen LogP contribution in [-0.2, 0) is 6.61 Å². The highest BCUT2D eigenvalue weighted by Gasteiger charge is 2.32. The van der Waals surface area contributed by atoms with Crippen molar-refractivity contribution in [3.63, 3.8) is 0 Å². The zero-order valence-electron chi connectivity index (χ0n) is 19.4. The van der Waals surface area contributed by atoms with Gasteiger partial charge in [0.2, 0.25) is 5.88 Å². The van der Waals surface area contributed by atoms with Gasteiger partial charge in [0, 0.05) is 26.6 Å². The third-order valence-corrected chi connectivity index (χ3v) is 6.69. The lowest BCUT2D eigenvalue weighted by Gasteiger charge is -2.28. The minimum absolute atomic E-state index is 0.0991. The fraction of sp³-hybridized carbons (Fsp3) is 0.138. The molecule has 0 aliphatic carbocycles. The largest absolute Gasteiger partial charge is 0.490 e. The number of ether oxygens (including phenoxy) is 3. The van der Waals surface area contributed by atoms with Crippen molar-refractivity contribution in [2.24, 2.45) is 5.73 Å². The van der Waals surface area contributed by atoms with Gasteiger partial charge >= 0.3 is 0 Å². The molecule has 0 saturated heterocycles. The highest BCUT2D eigenvalue weighted by atomic mass is 35.5. The summed E-state index contributed by atoms with van der Waals surface area (Å²) in [5, 5.41) is 13.0. The van der Waals surface area contributed by atoms with Gasteiger partial charge in [-0.3, -0.25) is 0 Å². The van der Waals surface area contributed by atoms with E-state index < -0.39 is 5.92 Å². The molecule has 5 nitrogen and oxygen atoms in total. The fourth-order valence-electron chi connectivity index (χ4n) is 4.42. The van der Waals surface area contributed by atoms with Crippen LogP contribution in [0.4, 0.5) is 0 Å². The molecule has 1 atom stereocenters. The van der Waals surface area contributed by atoms with E-state index in [-0.39, 0.29) is 12.5 Å². The van der Waals surface area contributed by atoms with Gasteiger partial charge in [0.15, 0.2) is 11.5 Å². The summed E-state index contributed by atoms with van der Waals surface area (Å²) >= 11 is 12.3. The molecule has 1 unspecified atom stereocenters. The Kier molecular flexibility index (Phi) is 6.65. The lowest BCUT2D eigenvalue weighted by Crippen LogP contribution is -2.21. The Morgan fingerprint density at radius 3 is 2.58 bits per heavy atom. The molecule has 0 fully saturated rings. The average molecular weight is 517 g/mol. The molecule has 0 saturated carbocycles. The van der Waals surface area contributed by atoms with Crippen LogP contribution in [0.5, 0.6) is 17.2 Å². The molecule has 180 valence electrons. The maximum Gasteiger partial charge on any atom is 0.205 e. The van der Waals surface area contributed by atoms with E-state index >= 15 is 0 Å². The first-order valence-electron chi connectivity index (χ1n) is 11.4. The van der Waals surface area contributed by atoms with Crippen molar-refractivity contribution in [3.8, 4) is 23.3 Å². The maximum absolute atomic E-state index is 9.97. The van der Waals surface area contributed by atoms with Gasteiger partial charge in [0.1, 0.15) is 24.0 Å². The maximum atomic E-state index is 9.97. The number of fused-ring (bicyclic) bond motifs is 3. The number of hydrogen-bond donors (Lipinski definition) is 1. The summed E-state index contributed by atoms with van der Waals surface area (Å²) in [6.07, 6.45) is 0. The Balaban J connectivity index is 1.55. The molecule has 0 bridgehead atoms. The molecule has 1 heterocycles. The number of benzene rings is 4. The van der Waals surface area contributed by atoms with E-state index in [9.17, 15) is 5.26 Å². The summed E-state index contributed by atoms with van der Waals surface area (Å²) in [7, 11) is 0. The van der Waals surface area contributed by atoms with Crippen molar-refractivity contribution in [2.75, 3.05) is 6.61 Å². The quantitative estimate of drug-likeness (QED) is 0.290. The van der Waals surface area contributed by atoms with Crippen LogP contribution in [0.25, 0.3) is 10.8 Å². The van der Waals surface area contributed by atoms with Gasteiger partial charge in [0.25, 0.3) is 0 Å². The standard InChI is InChI=1S/C29H22Cl2N2O3/c1-2-34-26-13-18(9-12-25(26)35-16-19-7-10-20(30)14-24(19)31)27-22-11-8-17-5-3-4-6-21(17)28(22)36-29(33)23(27)15-32/h3-14,27H,2,16,33H2,1H3. The predicted molar refractivity (Wildman–Crippen MR) is 142 cm³/mol. The summed E-state index contributed by atoms with van der Waals surface area (Å²) in [4.78, 5) is 0. The Morgan fingerprint density at radius 1 is 0.972 bits per heavy atom. The first kappa shape index (κ1) is 23.9. The first-order chi connectivity index (χ1) is 17.5. The second-order valence-corrected chi connectivity index (χ2v) is 9.14. The smallest absolute Gasteiger partial charge is 0.205 e. The second kappa shape index (κ2) is 10.0. The summed E-state index contributed by atoms with van der Waals surface area (Å²) in [5.41, 5.74) is 9.11. The van der Waals surface area contributed by atoms with Gasteiger partial charge in [-0.2, -0.15) is 5.26 Å². The van der Waals surface area contributed by atoms with Crippen LogP contribution in [0.2, 0.25) is 10.0 Å². The van der Waals surface area contributed by atoms with Crippen molar-refractivity contribution >= 4 is 34.0 Å². The van der Waals surface area contributed by atoms with Crippen LogP contribution in [0.3, 0.4) is 0 Å². The van der Waals surface area contributed by atoms with Gasteiger partial charge in [-0.1, -0.05) is 71.7 Å². The van der Waals surface area contributed by atoms with Crippen LogP contribution in [0, 0.1) is 11.3 Å². The molecule has 5 rings (SSSR count). The Bertz CT molecular complexity index is 1540.